The summed E-state index contributed by atoms with van der Waals surface area (Å²) >= 11 is 0. The van der Waals surface area contributed by atoms with Crippen LogP contribution in [0.4, 0.5) is 0 Å². The van der Waals surface area contributed by atoms with Crippen molar-refractivity contribution in [2.75, 3.05) is 13.1 Å². The Morgan fingerprint density at radius 2 is 2.00 bits per heavy atom. The fraction of sp³-hybridized carbons (Fsp3) is 0.611. The molecule has 1 saturated heterocycles. The van der Waals surface area contributed by atoms with E-state index in [1.54, 1.807) is 0 Å². The van der Waals surface area contributed by atoms with Gasteiger partial charge in [0, 0.05) is 36.9 Å². The van der Waals surface area contributed by atoms with Crippen LogP contribution in [0.25, 0.3) is 11.0 Å². The zero-order valence-electron chi connectivity index (χ0n) is 13.7. The minimum absolute atomic E-state index is 0.508. The Bertz CT molecular complexity index is 604. The van der Waals surface area contributed by atoms with Gasteiger partial charge in [-0.25, -0.2) is 4.98 Å². The van der Waals surface area contributed by atoms with Gasteiger partial charge in [0.2, 0.25) is 0 Å². The molecule has 1 aliphatic heterocycles. The predicted molar refractivity (Wildman–Crippen MR) is 88.4 cm³/mol. The fourth-order valence-electron chi connectivity index (χ4n) is 3.90. The third-order valence-electron chi connectivity index (χ3n) is 4.61. The van der Waals surface area contributed by atoms with Crippen LogP contribution in [-0.2, 0) is 6.54 Å². The van der Waals surface area contributed by atoms with Gasteiger partial charge in [-0.1, -0.05) is 27.7 Å². The maximum atomic E-state index is 4.49. The minimum Gasteiger partial charge on any atom is -0.343 e. The summed E-state index contributed by atoms with van der Waals surface area (Å²) < 4.78 is 0. The number of aromatic nitrogens is 2. The molecule has 2 aromatic rings. The molecule has 0 aliphatic carbocycles. The number of piperidine rings is 1. The Balaban J connectivity index is 1.93. The van der Waals surface area contributed by atoms with Crippen molar-refractivity contribution < 1.29 is 0 Å². The SMILES string of the molecule is CC(C)c1[nH]c2ncccc2c1CN1C[C@H](C)C[C@H](C)C1. The van der Waals surface area contributed by atoms with Crippen molar-refractivity contribution >= 4 is 11.0 Å². The molecule has 0 bridgehead atoms. The molecule has 3 rings (SSSR count). The zero-order valence-corrected chi connectivity index (χ0v) is 13.7. The molecule has 1 aliphatic rings. The molecule has 2 aromatic heterocycles. The highest BCUT2D eigenvalue weighted by molar-refractivity contribution is 5.81. The van der Waals surface area contributed by atoms with E-state index in [-0.39, 0.29) is 0 Å². The number of aromatic amines is 1. The van der Waals surface area contributed by atoms with Crippen molar-refractivity contribution in [2.24, 2.45) is 11.8 Å². The van der Waals surface area contributed by atoms with Crippen molar-refractivity contribution in [3.8, 4) is 0 Å². The van der Waals surface area contributed by atoms with E-state index in [0.29, 0.717) is 5.92 Å². The molecule has 1 fully saturated rings. The van der Waals surface area contributed by atoms with E-state index in [4.69, 9.17) is 0 Å². The van der Waals surface area contributed by atoms with E-state index in [9.17, 15) is 0 Å². The molecule has 1 N–H and O–H groups in total. The summed E-state index contributed by atoms with van der Waals surface area (Å²) in [6.45, 7) is 12.8. The van der Waals surface area contributed by atoms with Gasteiger partial charge in [0.15, 0.2) is 0 Å². The lowest BCUT2D eigenvalue weighted by Crippen LogP contribution is -2.38. The molecular formula is C18H27N3. The summed E-state index contributed by atoms with van der Waals surface area (Å²) in [6, 6.07) is 4.25. The summed E-state index contributed by atoms with van der Waals surface area (Å²) in [5, 5.41) is 1.30. The Hall–Kier alpha value is -1.35. The van der Waals surface area contributed by atoms with Crippen LogP contribution in [0.5, 0.6) is 0 Å². The number of H-pyrrole nitrogens is 1. The number of hydrogen-bond donors (Lipinski definition) is 1. The lowest BCUT2D eigenvalue weighted by Gasteiger charge is -2.35. The van der Waals surface area contributed by atoms with E-state index in [1.165, 1.54) is 36.2 Å². The number of rotatable bonds is 3. The lowest BCUT2D eigenvalue weighted by atomic mass is 9.91. The summed E-state index contributed by atoms with van der Waals surface area (Å²) in [4.78, 5) is 10.7. The largest absolute Gasteiger partial charge is 0.343 e. The average Bonchev–Trinajstić information content (AvgIpc) is 2.77. The van der Waals surface area contributed by atoms with Gasteiger partial charge in [-0.2, -0.15) is 0 Å². The summed E-state index contributed by atoms with van der Waals surface area (Å²) in [6.07, 6.45) is 3.24. The summed E-state index contributed by atoms with van der Waals surface area (Å²) in [5.41, 5.74) is 3.85. The van der Waals surface area contributed by atoms with Crippen LogP contribution in [0.1, 0.15) is 51.3 Å². The molecule has 2 atom stereocenters. The van der Waals surface area contributed by atoms with Crippen molar-refractivity contribution in [1.29, 1.82) is 0 Å². The van der Waals surface area contributed by atoms with Gasteiger partial charge < -0.3 is 4.98 Å². The van der Waals surface area contributed by atoms with Crippen LogP contribution in [0.2, 0.25) is 0 Å². The predicted octanol–water partition coefficient (Wildman–Crippen LogP) is 4.16. The van der Waals surface area contributed by atoms with Crippen molar-refractivity contribution in [3.05, 3.63) is 29.6 Å². The van der Waals surface area contributed by atoms with Crippen molar-refractivity contribution in [1.82, 2.24) is 14.9 Å². The van der Waals surface area contributed by atoms with Crippen LogP contribution in [0, 0.1) is 11.8 Å². The number of pyridine rings is 1. The second kappa shape index (κ2) is 5.80. The smallest absolute Gasteiger partial charge is 0.137 e. The molecule has 3 heterocycles. The number of nitrogens with zero attached hydrogens (tertiary/aromatic N) is 2. The highest BCUT2D eigenvalue weighted by atomic mass is 15.1. The quantitative estimate of drug-likeness (QED) is 0.918. The van der Waals surface area contributed by atoms with E-state index >= 15 is 0 Å². The van der Waals surface area contributed by atoms with Gasteiger partial charge in [-0.3, -0.25) is 4.90 Å². The summed E-state index contributed by atoms with van der Waals surface area (Å²) in [7, 11) is 0. The maximum absolute atomic E-state index is 4.49. The molecular weight excluding hydrogens is 258 g/mol. The Morgan fingerprint density at radius 3 is 2.67 bits per heavy atom. The van der Waals surface area contributed by atoms with Crippen molar-refractivity contribution in [2.45, 2.75) is 46.6 Å². The molecule has 0 radical (unpaired) electrons. The zero-order chi connectivity index (χ0) is 15.0. The van der Waals surface area contributed by atoms with Gasteiger partial charge in [0.05, 0.1) is 0 Å². The van der Waals surface area contributed by atoms with Crippen LogP contribution in [0.15, 0.2) is 18.3 Å². The van der Waals surface area contributed by atoms with Crippen LogP contribution < -0.4 is 0 Å². The van der Waals surface area contributed by atoms with Crippen LogP contribution in [0.3, 0.4) is 0 Å². The first-order valence-corrected chi connectivity index (χ1v) is 8.22. The maximum Gasteiger partial charge on any atom is 0.137 e. The molecule has 0 unspecified atom stereocenters. The Kier molecular flexibility index (Phi) is 4.03. The van der Waals surface area contributed by atoms with Gasteiger partial charge >= 0.3 is 0 Å². The van der Waals surface area contributed by atoms with Gasteiger partial charge in [-0.05, 0) is 41.9 Å². The third kappa shape index (κ3) is 2.98. The van der Waals surface area contributed by atoms with Gasteiger partial charge in [0.1, 0.15) is 5.65 Å². The molecule has 0 aromatic carbocycles. The second-order valence-electron chi connectivity index (χ2n) is 7.21. The van der Waals surface area contributed by atoms with E-state index in [2.05, 4.69) is 48.6 Å². The molecule has 21 heavy (non-hydrogen) atoms. The highest BCUT2D eigenvalue weighted by Crippen LogP contribution is 2.30. The Morgan fingerprint density at radius 1 is 1.29 bits per heavy atom. The van der Waals surface area contributed by atoms with Crippen LogP contribution >= 0.6 is 0 Å². The highest BCUT2D eigenvalue weighted by Gasteiger charge is 2.24. The topological polar surface area (TPSA) is 31.9 Å². The number of nitrogens with one attached hydrogen (secondary N) is 1. The molecule has 0 spiro atoms. The standard InChI is InChI=1S/C18H27N3/c1-12(2)17-16(15-6-5-7-19-18(15)20-17)11-21-9-13(3)8-14(4)10-21/h5-7,12-14H,8-11H2,1-4H3,(H,19,20)/t13-,14+. The monoisotopic (exact) mass is 285 g/mol. The minimum atomic E-state index is 0.508. The lowest BCUT2D eigenvalue weighted by molar-refractivity contribution is 0.134. The molecule has 0 saturated carbocycles. The van der Waals surface area contributed by atoms with Crippen LogP contribution in [-0.4, -0.2) is 28.0 Å². The van der Waals surface area contributed by atoms with E-state index < -0.39 is 0 Å². The average molecular weight is 285 g/mol. The first kappa shape index (κ1) is 14.6. The third-order valence-corrected chi connectivity index (χ3v) is 4.61. The normalized spacial score (nSPS) is 24.0. The molecule has 0 amide bonds. The number of hydrogen-bond acceptors (Lipinski definition) is 2. The van der Waals surface area contributed by atoms with Gasteiger partial charge in [-0.15, -0.1) is 0 Å². The molecule has 114 valence electrons. The van der Waals surface area contributed by atoms with E-state index in [1.807, 2.05) is 12.3 Å². The van der Waals surface area contributed by atoms with E-state index in [0.717, 1.165) is 24.0 Å². The first-order valence-electron chi connectivity index (χ1n) is 8.22. The number of likely N-dealkylation sites (tertiary alicyclic amines) is 1. The van der Waals surface area contributed by atoms with Crippen molar-refractivity contribution in [3.63, 3.8) is 0 Å². The fourth-order valence-corrected chi connectivity index (χ4v) is 3.90. The Labute approximate surface area is 127 Å². The molecule has 3 heteroatoms. The molecule has 3 nitrogen and oxygen atoms in total. The summed E-state index contributed by atoms with van der Waals surface area (Å²) in [5.74, 6) is 2.12. The number of fused-ring (bicyclic) bond motifs is 1. The second-order valence-corrected chi connectivity index (χ2v) is 7.21. The van der Waals surface area contributed by atoms with Gasteiger partial charge in [0.25, 0.3) is 0 Å². The first-order chi connectivity index (χ1) is 10.0.